The fraction of sp³-hybridized carbons (Fsp3) is 0.812. The van der Waals surface area contributed by atoms with Crippen molar-refractivity contribution in [3.63, 3.8) is 0 Å². The SMILES string of the molecule is CC(=O)C(CCCCCCCCCCC(=O)OOC(=O)CCCCCCCCCCC(C(C)=O)C(C)=O)C(C)=O. The van der Waals surface area contributed by atoms with Gasteiger partial charge in [-0.15, -0.1) is 0 Å². The predicted octanol–water partition coefficient (Wildman–Crippen LogP) is 7.38. The average molecular weight is 567 g/mol. The van der Waals surface area contributed by atoms with Crippen LogP contribution in [0.2, 0.25) is 0 Å². The molecule has 0 aliphatic rings. The van der Waals surface area contributed by atoms with Gasteiger partial charge in [-0.3, -0.25) is 19.2 Å². The van der Waals surface area contributed by atoms with E-state index >= 15 is 0 Å². The molecular formula is C32H54O8. The number of hydrogen-bond acceptors (Lipinski definition) is 8. The molecule has 0 fully saturated rings. The van der Waals surface area contributed by atoms with E-state index in [1.54, 1.807) is 0 Å². The Hall–Kier alpha value is -2.38. The molecule has 0 radical (unpaired) electrons. The molecule has 0 aromatic carbocycles. The van der Waals surface area contributed by atoms with Crippen LogP contribution in [0.3, 0.4) is 0 Å². The summed E-state index contributed by atoms with van der Waals surface area (Å²) >= 11 is 0. The molecule has 0 atom stereocenters. The van der Waals surface area contributed by atoms with Crippen molar-refractivity contribution in [2.24, 2.45) is 11.8 Å². The summed E-state index contributed by atoms with van der Waals surface area (Å²) in [5, 5.41) is 0. The van der Waals surface area contributed by atoms with Crippen molar-refractivity contribution < 1.29 is 38.5 Å². The van der Waals surface area contributed by atoms with Gasteiger partial charge in [0.05, 0.1) is 24.7 Å². The molecule has 40 heavy (non-hydrogen) atoms. The highest BCUT2D eigenvalue weighted by atomic mass is 17.2. The fourth-order valence-corrected chi connectivity index (χ4v) is 4.92. The first-order valence-electron chi connectivity index (χ1n) is 15.5. The van der Waals surface area contributed by atoms with Gasteiger partial charge in [0.15, 0.2) is 0 Å². The molecular weight excluding hydrogens is 512 g/mol. The molecule has 230 valence electrons. The van der Waals surface area contributed by atoms with Crippen molar-refractivity contribution >= 4 is 35.1 Å². The van der Waals surface area contributed by atoms with Gasteiger partial charge >= 0.3 is 11.9 Å². The zero-order valence-electron chi connectivity index (χ0n) is 25.6. The topological polar surface area (TPSA) is 121 Å². The van der Waals surface area contributed by atoms with Gasteiger partial charge in [0.2, 0.25) is 0 Å². The zero-order valence-corrected chi connectivity index (χ0v) is 25.6. The summed E-state index contributed by atoms with van der Waals surface area (Å²) in [4.78, 5) is 78.5. The van der Waals surface area contributed by atoms with E-state index in [1.807, 2.05) is 0 Å². The van der Waals surface area contributed by atoms with Crippen LogP contribution in [0, 0.1) is 11.8 Å². The van der Waals surface area contributed by atoms with Crippen LogP contribution in [-0.4, -0.2) is 35.1 Å². The van der Waals surface area contributed by atoms with Crippen molar-refractivity contribution in [1.29, 1.82) is 0 Å². The summed E-state index contributed by atoms with van der Waals surface area (Å²) in [5.41, 5.74) is 0. The lowest BCUT2D eigenvalue weighted by molar-refractivity contribution is -0.259. The van der Waals surface area contributed by atoms with Gasteiger partial charge in [-0.2, -0.15) is 0 Å². The minimum Gasteiger partial charge on any atom is -0.299 e. The lowest BCUT2D eigenvalue weighted by Gasteiger charge is -2.09. The van der Waals surface area contributed by atoms with Gasteiger partial charge in [-0.25, -0.2) is 19.4 Å². The number of unbranched alkanes of at least 4 members (excludes halogenated alkanes) is 14. The highest BCUT2D eigenvalue weighted by Crippen LogP contribution is 2.17. The van der Waals surface area contributed by atoms with Crippen molar-refractivity contribution in [2.75, 3.05) is 0 Å². The van der Waals surface area contributed by atoms with E-state index in [2.05, 4.69) is 9.78 Å². The van der Waals surface area contributed by atoms with Gasteiger partial charge in [-0.1, -0.05) is 89.9 Å². The third-order valence-electron chi connectivity index (χ3n) is 7.44. The summed E-state index contributed by atoms with van der Waals surface area (Å²) in [5.74, 6) is -2.07. The van der Waals surface area contributed by atoms with Crippen molar-refractivity contribution in [2.45, 2.75) is 156 Å². The van der Waals surface area contributed by atoms with E-state index in [1.165, 1.54) is 27.7 Å². The second-order valence-electron chi connectivity index (χ2n) is 11.2. The maximum Gasteiger partial charge on any atom is 0.355 e. The molecule has 0 amide bonds. The maximum absolute atomic E-state index is 11.8. The number of Topliss-reactive ketones (excluding diaryl/α,β-unsaturated/α-hetero) is 4. The summed E-state index contributed by atoms with van der Waals surface area (Å²) in [6, 6.07) is 0. The van der Waals surface area contributed by atoms with Crippen LogP contribution in [0.4, 0.5) is 0 Å². The van der Waals surface area contributed by atoms with Crippen molar-refractivity contribution in [1.82, 2.24) is 0 Å². The molecule has 0 aliphatic heterocycles. The normalized spacial score (nSPS) is 11.1. The van der Waals surface area contributed by atoms with E-state index in [9.17, 15) is 28.8 Å². The van der Waals surface area contributed by atoms with E-state index in [0.717, 1.165) is 89.9 Å². The molecule has 0 unspecified atom stereocenters. The minimum atomic E-state index is -0.517. The van der Waals surface area contributed by atoms with Crippen LogP contribution in [0.5, 0.6) is 0 Å². The van der Waals surface area contributed by atoms with Crippen LogP contribution in [-0.2, 0) is 38.5 Å². The van der Waals surface area contributed by atoms with Gasteiger partial charge in [0.1, 0.15) is 23.1 Å². The number of rotatable bonds is 26. The smallest absolute Gasteiger partial charge is 0.299 e. The molecule has 0 rings (SSSR count). The van der Waals surface area contributed by atoms with Gasteiger partial charge in [0.25, 0.3) is 0 Å². The Morgan fingerprint density at radius 3 is 0.850 bits per heavy atom. The third-order valence-corrected chi connectivity index (χ3v) is 7.44. The first kappa shape index (κ1) is 37.6. The Labute approximate surface area is 241 Å². The zero-order chi connectivity index (χ0) is 30.2. The summed E-state index contributed by atoms with van der Waals surface area (Å²) in [6.45, 7) is 5.92. The molecule has 8 nitrogen and oxygen atoms in total. The highest BCUT2D eigenvalue weighted by Gasteiger charge is 2.19. The van der Waals surface area contributed by atoms with Crippen LogP contribution in [0.15, 0.2) is 0 Å². The molecule has 0 heterocycles. The standard InChI is InChI=1S/C32H54O8/c1-25(33)29(26(2)34)21-17-13-9-5-7-11-15-19-23-31(37)39-40-32(38)24-20-16-12-8-6-10-14-18-22-30(27(3)35)28(4)36/h29-30H,5-24H2,1-4H3. The Balaban J connectivity index is 3.52. The van der Waals surface area contributed by atoms with E-state index in [0.29, 0.717) is 25.7 Å². The van der Waals surface area contributed by atoms with Crippen LogP contribution >= 0.6 is 0 Å². The van der Waals surface area contributed by atoms with E-state index in [-0.39, 0.29) is 36.0 Å². The van der Waals surface area contributed by atoms with E-state index in [4.69, 9.17) is 0 Å². The maximum atomic E-state index is 11.8. The first-order valence-corrected chi connectivity index (χ1v) is 15.5. The molecule has 8 heteroatoms. The molecule has 0 aromatic rings. The lowest BCUT2D eigenvalue weighted by atomic mass is 9.93. The third kappa shape index (κ3) is 21.4. The molecule has 0 N–H and O–H groups in total. The summed E-state index contributed by atoms with van der Waals surface area (Å²) in [6.07, 6.45) is 17.4. The fourth-order valence-electron chi connectivity index (χ4n) is 4.92. The molecule has 0 aliphatic carbocycles. The summed E-state index contributed by atoms with van der Waals surface area (Å²) < 4.78 is 0. The molecule has 0 bridgehead atoms. The highest BCUT2D eigenvalue weighted by molar-refractivity contribution is 6.00. The van der Waals surface area contributed by atoms with Gasteiger partial charge in [0, 0.05) is 0 Å². The van der Waals surface area contributed by atoms with E-state index < -0.39 is 23.8 Å². The van der Waals surface area contributed by atoms with Gasteiger partial charge in [-0.05, 0) is 53.4 Å². The second kappa shape index (κ2) is 24.4. The average Bonchev–Trinajstić information content (AvgIpc) is 2.88. The van der Waals surface area contributed by atoms with Crippen LogP contribution < -0.4 is 0 Å². The van der Waals surface area contributed by atoms with Gasteiger partial charge < -0.3 is 0 Å². The van der Waals surface area contributed by atoms with Crippen LogP contribution in [0.1, 0.15) is 156 Å². The number of hydrogen-bond donors (Lipinski definition) is 0. The Bertz CT molecular complexity index is 681. The Kier molecular flexibility index (Phi) is 23.0. The lowest BCUT2D eigenvalue weighted by Crippen LogP contribution is -2.19. The van der Waals surface area contributed by atoms with Crippen molar-refractivity contribution in [3.8, 4) is 0 Å². The summed E-state index contributed by atoms with van der Waals surface area (Å²) in [7, 11) is 0. The quantitative estimate of drug-likeness (QED) is 0.0460. The van der Waals surface area contributed by atoms with Crippen molar-refractivity contribution in [3.05, 3.63) is 0 Å². The Morgan fingerprint density at radius 1 is 0.375 bits per heavy atom. The molecule has 0 aromatic heterocycles. The number of carbonyl (C=O) groups is 6. The minimum absolute atomic E-state index is 0.0407. The monoisotopic (exact) mass is 566 g/mol. The number of carbonyl (C=O) groups excluding carboxylic acids is 6. The second-order valence-corrected chi connectivity index (χ2v) is 11.2. The first-order chi connectivity index (χ1) is 19.1. The Morgan fingerprint density at radius 2 is 0.600 bits per heavy atom. The molecule has 0 saturated heterocycles. The molecule has 0 saturated carbocycles. The van der Waals surface area contributed by atoms with Crippen LogP contribution in [0.25, 0.3) is 0 Å². The predicted molar refractivity (Wildman–Crippen MR) is 154 cm³/mol. The number of ketones is 4. The molecule has 0 spiro atoms. The largest absolute Gasteiger partial charge is 0.355 e.